The van der Waals surface area contributed by atoms with Gasteiger partial charge in [-0.2, -0.15) is 4.31 Å². The Morgan fingerprint density at radius 1 is 1.09 bits per heavy atom. The van der Waals surface area contributed by atoms with Crippen molar-refractivity contribution in [3.05, 3.63) is 24.3 Å². The van der Waals surface area contributed by atoms with Gasteiger partial charge in [0.25, 0.3) is 5.22 Å². The minimum Gasteiger partial charge on any atom is -0.411 e. The van der Waals surface area contributed by atoms with E-state index in [4.69, 9.17) is 4.42 Å². The van der Waals surface area contributed by atoms with Gasteiger partial charge >= 0.3 is 0 Å². The lowest BCUT2D eigenvalue weighted by atomic mass is 10.1. The van der Waals surface area contributed by atoms with E-state index in [9.17, 15) is 13.2 Å². The van der Waals surface area contributed by atoms with Crippen molar-refractivity contribution < 1.29 is 17.6 Å². The molecule has 0 N–H and O–H groups in total. The Hall–Kier alpha value is -1.91. The van der Waals surface area contributed by atoms with Crippen molar-refractivity contribution in [3.8, 4) is 11.5 Å². The van der Waals surface area contributed by atoms with Crippen LogP contribution in [-0.4, -0.2) is 65.7 Å². The smallest absolute Gasteiger partial charge is 0.277 e. The summed E-state index contributed by atoms with van der Waals surface area (Å²) in [6, 6.07) is 6.60. The lowest BCUT2D eigenvalue weighted by Crippen LogP contribution is -2.38. The fraction of sp³-hybridized carbons (Fsp3) is 0.609. The van der Waals surface area contributed by atoms with Gasteiger partial charge in [-0.1, -0.05) is 51.9 Å². The molecule has 2 aromatic rings. The highest BCUT2D eigenvalue weighted by Gasteiger charge is 2.26. The van der Waals surface area contributed by atoms with E-state index in [1.165, 1.54) is 16.1 Å². The maximum Gasteiger partial charge on any atom is 0.277 e. The number of carbonyl (C=O) groups excluding carboxylic acids is 1. The van der Waals surface area contributed by atoms with Crippen molar-refractivity contribution in [1.82, 2.24) is 19.4 Å². The van der Waals surface area contributed by atoms with Crippen LogP contribution in [0.1, 0.15) is 47.0 Å². The number of hydrogen-bond donors (Lipinski definition) is 0. The van der Waals surface area contributed by atoms with Crippen molar-refractivity contribution >= 4 is 27.7 Å². The van der Waals surface area contributed by atoms with Crippen molar-refractivity contribution in [2.75, 3.05) is 31.9 Å². The standard InChI is InChI=1S/C23H34N4O4S2/c1-17(2)14-26(15-18(3)4)21(28)16-32-23-25-24-22(31-23)19-9-8-10-20(13-19)33(29,30)27-11-6-5-7-12-27/h8-10,13,17-18H,5-7,11-12,14-16H2,1-4H3. The van der Waals surface area contributed by atoms with Crippen LogP contribution in [0.25, 0.3) is 11.5 Å². The number of piperidine rings is 1. The van der Waals surface area contributed by atoms with E-state index in [0.717, 1.165) is 19.3 Å². The van der Waals surface area contributed by atoms with Crippen LogP contribution >= 0.6 is 11.8 Å². The summed E-state index contributed by atoms with van der Waals surface area (Å²) in [6.07, 6.45) is 2.82. The fourth-order valence-corrected chi connectivity index (χ4v) is 6.03. The third-order valence-corrected chi connectivity index (χ3v) is 7.98. The van der Waals surface area contributed by atoms with Crippen molar-refractivity contribution in [2.45, 2.75) is 57.1 Å². The molecule has 0 atom stereocenters. The molecule has 1 aliphatic rings. The highest BCUT2D eigenvalue weighted by molar-refractivity contribution is 7.99. The summed E-state index contributed by atoms with van der Waals surface area (Å²) in [7, 11) is -3.55. The van der Waals surface area contributed by atoms with Crippen LogP contribution < -0.4 is 0 Å². The highest BCUT2D eigenvalue weighted by Crippen LogP contribution is 2.27. The molecule has 10 heteroatoms. The third-order valence-electron chi connectivity index (χ3n) is 5.28. The van der Waals surface area contributed by atoms with E-state index >= 15 is 0 Å². The molecule has 1 fully saturated rings. The van der Waals surface area contributed by atoms with E-state index in [0.29, 0.717) is 43.6 Å². The summed E-state index contributed by atoms with van der Waals surface area (Å²) in [6.45, 7) is 10.9. The number of rotatable bonds is 10. The summed E-state index contributed by atoms with van der Waals surface area (Å²) in [5.41, 5.74) is 0.542. The molecular weight excluding hydrogens is 460 g/mol. The predicted octanol–water partition coefficient (Wildman–Crippen LogP) is 4.14. The second-order valence-corrected chi connectivity index (χ2v) is 12.1. The summed E-state index contributed by atoms with van der Waals surface area (Å²) < 4.78 is 33.2. The second kappa shape index (κ2) is 11.5. The first-order valence-corrected chi connectivity index (χ1v) is 13.9. The van der Waals surface area contributed by atoms with E-state index in [1.807, 2.05) is 4.90 Å². The van der Waals surface area contributed by atoms with Gasteiger partial charge < -0.3 is 9.32 Å². The van der Waals surface area contributed by atoms with Crippen LogP contribution in [0.15, 0.2) is 38.8 Å². The van der Waals surface area contributed by atoms with Gasteiger partial charge in [-0.3, -0.25) is 4.79 Å². The van der Waals surface area contributed by atoms with Gasteiger partial charge in [0.1, 0.15) is 0 Å². The van der Waals surface area contributed by atoms with Gasteiger partial charge in [0.15, 0.2) is 0 Å². The average Bonchev–Trinajstić information content (AvgIpc) is 3.26. The molecule has 8 nitrogen and oxygen atoms in total. The maximum atomic E-state index is 13.0. The molecule has 0 bridgehead atoms. The molecule has 3 rings (SSSR count). The molecule has 0 aliphatic carbocycles. The van der Waals surface area contributed by atoms with Gasteiger partial charge in [0.2, 0.25) is 21.8 Å². The lowest BCUT2D eigenvalue weighted by Gasteiger charge is -2.26. The average molecular weight is 495 g/mol. The minimum atomic E-state index is -3.55. The Labute approximate surface area is 201 Å². The van der Waals surface area contributed by atoms with Crippen molar-refractivity contribution in [3.63, 3.8) is 0 Å². The van der Waals surface area contributed by atoms with Crippen LogP contribution in [0.2, 0.25) is 0 Å². The van der Waals surface area contributed by atoms with Crippen LogP contribution in [0.5, 0.6) is 0 Å². The largest absolute Gasteiger partial charge is 0.411 e. The quantitative estimate of drug-likeness (QED) is 0.458. The van der Waals surface area contributed by atoms with Crippen LogP contribution in [0, 0.1) is 11.8 Å². The number of sulfonamides is 1. The topological polar surface area (TPSA) is 96.6 Å². The Bertz CT molecular complexity index is 1020. The van der Waals surface area contributed by atoms with Crippen LogP contribution in [0.3, 0.4) is 0 Å². The molecule has 2 heterocycles. The predicted molar refractivity (Wildman–Crippen MR) is 129 cm³/mol. The Morgan fingerprint density at radius 3 is 2.39 bits per heavy atom. The first-order valence-electron chi connectivity index (χ1n) is 11.5. The lowest BCUT2D eigenvalue weighted by molar-refractivity contribution is -0.129. The monoisotopic (exact) mass is 494 g/mol. The zero-order valence-electron chi connectivity index (χ0n) is 19.9. The number of benzene rings is 1. The Morgan fingerprint density at radius 2 is 1.76 bits per heavy atom. The molecule has 0 spiro atoms. The zero-order valence-corrected chi connectivity index (χ0v) is 21.5. The molecule has 1 amide bonds. The van der Waals surface area contributed by atoms with E-state index in [2.05, 4.69) is 37.9 Å². The highest BCUT2D eigenvalue weighted by atomic mass is 32.2. The number of hydrogen-bond acceptors (Lipinski definition) is 7. The first-order chi connectivity index (χ1) is 15.7. The van der Waals surface area contributed by atoms with Gasteiger partial charge in [0.05, 0.1) is 10.6 Å². The molecule has 33 heavy (non-hydrogen) atoms. The van der Waals surface area contributed by atoms with Gasteiger partial charge in [-0.25, -0.2) is 8.42 Å². The molecule has 1 aromatic heterocycles. The van der Waals surface area contributed by atoms with Gasteiger partial charge in [-0.05, 0) is 42.9 Å². The Balaban J connectivity index is 1.68. The van der Waals surface area contributed by atoms with E-state index in [1.54, 1.807) is 24.3 Å². The van der Waals surface area contributed by atoms with Gasteiger partial charge in [0, 0.05) is 31.7 Å². The maximum absolute atomic E-state index is 13.0. The normalized spacial score (nSPS) is 15.3. The van der Waals surface area contributed by atoms with Gasteiger partial charge in [-0.15, -0.1) is 10.2 Å². The summed E-state index contributed by atoms with van der Waals surface area (Å²) in [4.78, 5) is 14.8. The number of thioether (sulfide) groups is 1. The van der Waals surface area contributed by atoms with E-state index < -0.39 is 10.0 Å². The zero-order chi connectivity index (χ0) is 24.0. The summed E-state index contributed by atoms with van der Waals surface area (Å²) >= 11 is 1.20. The molecule has 0 unspecified atom stereocenters. The molecule has 1 aromatic carbocycles. The van der Waals surface area contributed by atoms with Crippen LogP contribution in [0.4, 0.5) is 0 Å². The van der Waals surface area contributed by atoms with Crippen molar-refractivity contribution in [2.24, 2.45) is 11.8 Å². The molecular formula is C23H34N4O4S2. The number of carbonyl (C=O) groups is 1. The summed E-state index contributed by atoms with van der Waals surface area (Å²) in [5, 5.41) is 8.40. The fourth-order valence-electron chi connectivity index (χ4n) is 3.80. The molecule has 0 saturated carbocycles. The Kier molecular flexibility index (Phi) is 8.95. The first kappa shape index (κ1) is 25.7. The molecule has 1 aliphatic heterocycles. The second-order valence-electron chi connectivity index (χ2n) is 9.24. The number of aromatic nitrogens is 2. The van der Waals surface area contributed by atoms with Crippen molar-refractivity contribution in [1.29, 1.82) is 0 Å². The molecule has 182 valence electrons. The third kappa shape index (κ3) is 7.04. The molecule has 0 radical (unpaired) electrons. The summed E-state index contributed by atoms with van der Waals surface area (Å²) in [5.74, 6) is 1.27. The number of amides is 1. The SMILES string of the molecule is CC(C)CN(CC(C)C)C(=O)CSc1nnc(-c2cccc(S(=O)(=O)N3CCCCC3)c2)o1. The van der Waals surface area contributed by atoms with Crippen LogP contribution in [-0.2, 0) is 14.8 Å². The molecule has 1 saturated heterocycles. The van der Waals surface area contributed by atoms with E-state index in [-0.39, 0.29) is 27.7 Å². The number of nitrogens with zero attached hydrogens (tertiary/aromatic N) is 4. The minimum absolute atomic E-state index is 0.0387.